The molecule has 20 heavy (non-hydrogen) atoms. The standard InChI is InChI=1S/C13H16ClN5O/c1-9(10-4-2-3-5-11(10)14)16-13(20)12-8-19(7-6-15)18-17-12/h2-5,8-9H,6-7,15H2,1H3,(H,16,20)/t9-/m0/s1. The van der Waals surface area contributed by atoms with E-state index in [0.29, 0.717) is 18.1 Å². The number of rotatable bonds is 5. The van der Waals surface area contributed by atoms with Crippen LogP contribution in [0, 0.1) is 0 Å². The Morgan fingerprint density at radius 2 is 2.25 bits per heavy atom. The summed E-state index contributed by atoms with van der Waals surface area (Å²) >= 11 is 6.10. The largest absolute Gasteiger partial charge is 0.344 e. The minimum absolute atomic E-state index is 0.212. The number of hydrogen-bond acceptors (Lipinski definition) is 4. The lowest BCUT2D eigenvalue weighted by atomic mass is 10.1. The van der Waals surface area contributed by atoms with Gasteiger partial charge in [-0.1, -0.05) is 35.0 Å². The van der Waals surface area contributed by atoms with E-state index in [-0.39, 0.29) is 17.6 Å². The molecular formula is C13H16ClN5O. The van der Waals surface area contributed by atoms with Crippen LogP contribution in [0.1, 0.15) is 29.0 Å². The van der Waals surface area contributed by atoms with E-state index in [1.54, 1.807) is 12.3 Å². The summed E-state index contributed by atoms with van der Waals surface area (Å²) in [4.78, 5) is 12.1. The Morgan fingerprint density at radius 3 is 2.95 bits per heavy atom. The zero-order valence-corrected chi connectivity index (χ0v) is 11.8. The minimum Gasteiger partial charge on any atom is -0.344 e. The van der Waals surface area contributed by atoms with Crippen LogP contribution in [0.4, 0.5) is 0 Å². The molecule has 1 atom stereocenters. The van der Waals surface area contributed by atoms with Crippen molar-refractivity contribution in [1.29, 1.82) is 0 Å². The second kappa shape index (κ2) is 6.49. The van der Waals surface area contributed by atoms with Crippen LogP contribution >= 0.6 is 11.6 Å². The Bertz CT molecular complexity index is 598. The summed E-state index contributed by atoms with van der Waals surface area (Å²) in [5.41, 5.74) is 6.54. The number of amides is 1. The summed E-state index contributed by atoms with van der Waals surface area (Å²) in [6.45, 7) is 2.84. The highest BCUT2D eigenvalue weighted by molar-refractivity contribution is 6.31. The summed E-state index contributed by atoms with van der Waals surface area (Å²) in [6.07, 6.45) is 1.57. The van der Waals surface area contributed by atoms with Gasteiger partial charge in [0.25, 0.3) is 5.91 Å². The molecule has 6 nitrogen and oxygen atoms in total. The van der Waals surface area contributed by atoms with E-state index in [1.807, 2.05) is 25.1 Å². The van der Waals surface area contributed by atoms with E-state index in [4.69, 9.17) is 17.3 Å². The van der Waals surface area contributed by atoms with Gasteiger partial charge in [-0.3, -0.25) is 9.48 Å². The first-order valence-corrected chi connectivity index (χ1v) is 6.65. The van der Waals surface area contributed by atoms with Crippen molar-refractivity contribution in [3.05, 3.63) is 46.7 Å². The molecule has 2 aromatic rings. The lowest BCUT2D eigenvalue weighted by Gasteiger charge is -2.14. The summed E-state index contributed by atoms with van der Waals surface area (Å²) < 4.78 is 1.54. The Balaban J connectivity index is 2.05. The molecule has 0 radical (unpaired) electrons. The Morgan fingerprint density at radius 1 is 1.50 bits per heavy atom. The molecule has 1 heterocycles. The first kappa shape index (κ1) is 14.5. The molecule has 106 valence electrons. The van der Waals surface area contributed by atoms with Crippen molar-refractivity contribution < 1.29 is 4.79 Å². The molecule has 0 saturated heterocycles. The average Bonchev–Trinajstić information content (AvgIpc) is 2.88. The highest BCUT2D eigenvalue weighted by Crippen LogP contribution is 2.22. The zero-order valence-electron chi connectivity index (χ0n) is 11.1. The molecule has 0 unspecified atom stereocenters. The van der Waals surface area contributed by atoms with Gasteiger partial charge in [-0.05, 0) is 18.6 Å². The predicted octanol–water partition coefficient (Wildman–Crippen LogP) is 1.38. The normalized spacial score (nSPS) is 12.2. The van der Waals surface area contributed by atoms with Crippen molar-refractivity contribution in [2.75, 3.05) is 6.54 Å². The smallest absolute Gasteiger partial charge is 0.273 e. The maximum Gasteiger partial charge on any atom is 0.273 e. The molecule has 0 bridgehead atoms. The lowest BCUT2D eigenvalue weighted by Crippen LogP contribution is -2.27. The first-order valence-electron chi connectivity index (χ1n) is 6.27. The summed E-state index contributed by atoms with van der Waals surface area (Å²) in [5.74, 6) is -0.291. The molecule has 0 aliphatic heterocycles. The molecule has 0 fully saturated rings. The molecule has 7 heteroatoms. The van der Waals surface area contributed by atoms with Gasteiger partial charge in [-0.25, -0.2) is 0 Å². The average molecular weight is 294 g/mol. The maximum atomic E-state index is 12.1. The van der Waals surface area contributed by atoms with Crippen LogP contribution in [0.2, 0.25) is 5.02 Å². The van der Waals surface area contributed by atoms with Gasteiger partial charge in [0.05, 0.1) is 18.8 Å². The lowest BCUT2D eigenvalue weighted by molar-refractivity contribution is 0.0935. The van der Waals surface area contributed by atoms with Crippen LogP contribution in [0.3, 0.4) is 0 Å². The molecular weight excluding hydrogens is 278 g/mol. The molecule has 0 spiro atoms. The van der Waals surface area contributed by atoms with E-state index in [1.165, 1.54) is 4.68 Å². The van der Waals surface area contributed by atoms with E-state index in [9.17, 15) is 4.79 Å². The van der Waals surface area contributed by atoms with E-state index >= 15 is 0 Å². The number of aromatic nitrogens is 3. The number of nitrogens with zero attached hydrogens (tertiary/aromatic N) is 3. The van der Waals surface area contributed by atoms with Gasteiger partial charge < -0.3 is 11.1 Å². The fourth-order valence-electron chi connectivity index (χ4n) is 1.82. The second-order valence-electron chi connectivity index (χ2n) is 4.37. The SMILES string of the molecule is C[C@H](NC(=O)c1cn(CCN)nn1)c1ccccc1Cl. The van der Waals surface area contributed by atoms with Gasteiger partial charge in [0, 0.05) is 11.6 Å². The molecule has 3 N–H and O–H groups in total. The van der Waals surface area contributed by atoms with Gasteiger partial charge >= 0.3 is 0 Å². The molecule has 0 aliphatic rings. The van der Waals surface area contributed by atoms with E-state index in [0.717, 1.165) is 5.56 Å². The third kappa shape index (κ3) is 3.34. The summed E-state index contributed by atoms with van der Waals surface area (Å²) in [6, 6.07) is 7.17. The van der Waals surface area contributed by atoms with Gasteiger partial charge in [0.1, 0.15) is 0 Å². The van der Waals surface area contributed by atoms with Crippen LogP contribution < -0.4 is 11.1 Å². The number of benzene rings is 1. The summed E-state index contributed by atoms with van der Waals surface area (Å²) in [7, 11) is 0. The Hall–Kier alpha value is -1.92. The van der Waals surface area contributed by atoms with Crippen LogP contribution in [0.15, 0.2) is 30.5 Å². The van der Waals surface area contributed by atoms with Crippen molar-refractivity contribution in [2.45, 2.75) is 19.5 Å². The Kier molecular flexibility index (Phi) is 4.70. The fraction of sp³-hybridized carbons (Fsp3) is 0.308. The van der Waals surface area contributed by atoms with E-state index < -0.39 is 0 Å². The molecule has 1 aromatic heterocycles. The van der Waals surface area contributed by atoms with Crippen molar-refractivity contribution in [3.63, 3.8) is 0 Å². The second-order valence-corrected chi connectivity index (χ2v) is 4.78. The number of halogens is 1. The van der Waals surface area contributed by atoms with E-state index in [2.05, 4.69) is 15.6 Å². The quantitative estimate of drug-likeness (QED) is 0.872. The fourth-order valence-corrected chi connectivity index (χ4v) is 2.12. The highest BCUT2D eigenvalue weighted by atomic mass is 35.5. The number of hydrogen-bond donors (Lipinski definition) is 2. The number of nitrogens with one attached hydrogen (secondary N) is 1. The third-order valence-electron chi connectivity index (χ3n) is 2.85. The zero-order chi connectivity index (χ0) is 14.5. The van der Waals surface area contributed by atoms with Gasteiger partial charge in [-0.2, -0.15) is 0 Å². The molecule has 2 rings (SSSR count). The first-order chi connectivity index (χ1) is 9.61. The van der Waals surface area contributed by atoms with Crippen LogP contribution in [-0.2, 0) is 6.54 Å². The molecule has 1 aromatic carbocycles. The topological polar surface area (TPSA) is 85.8 Å². The number of nitrogens with two attached hydrogens (primary N) is 1. The van der Waals surface area contributed by atoms with Crippen LogP contribution in [0.25, 0.3) is 0 Å². The van der Waals surface area contributed by atoms with Crippen LogP contribution in [-0.4, -0.2) is 27.4 Å². The van der Waals surface area contributed by atoms with Crippen molar-refractivity contribution in [3.8, 4) is 0 Å². The monoisotopic (exact) mass is 293 g/mol. The summed E-state index contributed by atoms with van der Waals surface area (Å²) in [5, 5.41) is 11.1. The third-order valence-corrected chi connectivity index (χ3v) is 3.19. The van der Waals surface area contributed by atoms with Crippen molar-refractivity contribution in [1.82, 2.24) is 20.3 Å². The predicted molar refractivity (Wildman–Crippen MR) is 76.4 cm³/mol. The van der Waals surface area contributed by atoms with Gasteiger partial charge in [0.2, 0.25) is 0 Å². The van der Waals surface area contributed by atoms with Crippen molar-refractivity contribution >= 4 is 17.5 Å². The number of carbonyl (C=O) groups excluding carboxylic acids is 1. The van der Waals surface area contributed by atoms with Crippen molar-refractivity contribution in [2.24, 2.45) is 5.73 Å². The number of carbonyl (C=O) groups is 1. The van der Waals surface area contributed by atoms with Gasteiger partial charge in [-0.15, -0.1) is 5.10 Å². The molecule has 1 amide bonds. The maximum absolute atomic E-state index is 12.1. The Labute approximate surface area is 121 Å². The highest BCUT2D eigenvalue weighted by Gasteiger charge is 2.16. The van der Waals surface area contributed by atoms with Crippen LogP contribution in [0.5, 0.6) is 0 Å². The molecule has 0 saturated carbocycles. The molecule has 0 aliphatic carbocycles. The van der Waals surface area contributed by atoms with Gasteiger partial charge in [0.15, 0.2) is 5.69 Å². The minimum atomic E-state index is -0.291.